The van der Waals surface area contributed by atoms with Gasteiger partial charge in [0.1, 0.15) is 0 Å². The number of carbonyl (C=O) groups excluding carboxylic acids is 1. The van der Waals surface area contributed by atoms with Crippen molar-refractivity contribution in [2.45, 2.75) is 25.7 Å². The lowest BCUT2D eigenvalue weighted by molar-refractivity contribution is -0.147. The van der Waals surface area contributed by atoms with Crippen molar-refractivity contribution in [3.63, 3.8) is 0 Å². The Balaban J connectivity index is 1.43. The fourth-order valence-electron chi connectivity index (χ4n) is 3.40. The minimum Gasteiger partial charge on any atom is -0.454 e. The van der Waals surface area contributed by atoms with Crippen LogP contribution in [0.15, 0.2) is 36.4 Å². The van der Waals surface area contributed by atoms with Gasteiger partial charge in [-0.1, -0.05) is 18.2 Å². The topological polar surface area (TPSA) is 50.8 Å². The van der Waals surface area contributed by atoms with Gasteiger partial charge in [0.25, 0.3) is 0 Å². The van der Waals surface area contributed by atoms with Crippen molar-refractivity contribution < 1.29 is 27.4 Å². The van der Waals surface area contributed by atoms with Crippen molar-refractivity contribution in [2.75, 3.05) is 18.7 Å². The van der Waals surface area contributed by atoms with Crippen molar-refractivity contribution in [1.29, 1.82) is 0 Å². The number of benzene rings is 2. The Morgan fingerprint density at radius 3 is 2.74 bits per heavy atom. The van der Waals surface area contributed by atoms with Crippen LogP contribution in [0.2, 0.25) is 0 Å². The van der Waals surface area contributed by atoms with Crippen LogP contribution in [0.5, 0.6) is 11.5 Å². The number of rotatable bonds is 4. The highest BCUT2D eigenvalue weighted by atomic mass is 19.4. The Kier molecular flexibility index (Phi) is 4.43. The van der Waals surface area contributed by atoms with Crippen molar-refractivity contribution in [1.82, 2.24) is 4.90 Å². The average molecular weight is 378 g/mol. The maximum atomic E-state index is 12.6. The molecule has 2 aromatic carbocycles. The van der Waals surface area contributed by atoms with Crippen LogP contribution in [0, 0.1) is 0 Å². The highest BCUT2D eigenvalue weighted by Gasteiger charge is 2.34. The number of alkyl halides is 3. The van der Waals surface area contributed by atoms with E-state index in [1.165, 1.54) is 4.90 Å². The molecule has 0 bridgehead atoms. The summed E-state index contributed by atoms with van der Waals surface area (Å²) in [5.74, 6) is 1.00. The summed E-state index contributed by atoms with van der Waals surface area (Å²) in [4.78, 5) is 13.7. The van der Waals surface area contributed by atoms with Gasteiger partial charge < -0.3 is 14.8 Å². The van der Waals surface area contributed by atoms with Crippen LogP contribution in [-0.2, 0) is 24.3 Å². The number of halogens is 3. The number of fused-ring (bicyclic) bond motifs is 2. The minimum absolute atomic E-state index is 0.132. The molecular formula is C19H17F3N2O3. The van der Waals surface area contributed by atoms with E-state index in [1.54, 1.807) is 36.4 Å². The zero-order valence-corrected chi connectivity index (χ0v) is 14.3. The molecule has 2 aromatic rings. The standard InChI is InChI=1S/C19H17F3N2O3/c20-19(21,22)10-24-8-13-2-1-3-15(14(13)9-24)23-18(25)7-12-4-5-16-17(6-12)27-11-26-16/h1-6H,7-11H2,(H,23,25). The van der Waals surface area contributed by atoms with E-state index in [2.05, 4.69) is 5.32 Å². The number of amides is 1. The molecule has 0 radical (unpaired) electrons. The van der Waals surface area contributed by atoms with Crippen LogP contribution in [0.3, 0.4) is 0 Å². The van der Waals surface area contributed by atoms with Crippen LogP contribution in [-0.4, -0.2) is 30.3 Å². The fraction of sp³-hybridized carbons (Fsp3) is 0.316. The molecule has 8 heteroatoms. The summed E-state index contributed by atoms with van der Waals surface area (Å²) in [6, 6.07) is 10.5. The van der Waals surface area contributed by atoms with Gasteiger partial charge in [-0.2, -0.15) is 13.2 Å². The van der Waals surface area contributed by atoms with Crippen molar-refractivity contribution in [2.24, 2.45) is 0 Å². The predicted octanol–water partition coefficient (Wildman–Crippen LogP) is 3.47. The number of nitrogens with one attached hydrogen (secondary N) is 1. The molecule has 0 unspecified atom stereocenters. The van der Waals surface area contributed by atoms with Gasteiger partial charge in [0.15, 0.2) is 11.5 Å². The first-order valence-electron chi connectivity index (χ1n) is 8.46. The van der Waals surface area contributed by atoms with E-state index in [0.29, 0.717) is 17.2 Å². The normalized spacial score (nSPS) is 15.7. The first-order chi connectivity index (χ1) is 12.9. The van der Waals surface area contributed by atoms with Crippen LogP contribution >= 0.6 is 0 Å². The van der Waals surface area contributed by atoms with E-state index in [4.69, 9.17) is 9.47 Å². The zero-order chi connectivity index (χ0) is 19.0. The van der Waals surface area contributed by atoms with Gasteiger partial charge in [-0.05, 0) is 34.9 Å². The summed E-state index contributed by atoms with van der Waals surface area (Å²) in [6.07, 6.45) is -4.11. The van der Waals surface area contributed by atoms with Crippen molar-refractivity contribution in [3.05, 3.63) is 53.1 Å². The van der Waals surface area contributed by atoms with E-state index in [1.807, 2.05) is 0 Å². The predicted molar refractivity (Wildman–Crippen MR) is 91.5 cm³/mol. The molecule has 27 heavy (non-hydrogen) atoms. The quantitative estimate of drug-likeness (QED) is 0.885. The first-order valence-corrected chi connectivity index (χ1v) is 8.46. The van der Waals surface area contributed by atoms with Gasteiger partial charge >= 0.3 is 6.18 Å². The van der Waals surface area contributed by atoms with Gasteiger partial charge in [0.05, 0.1) is 13.0 Å². The molecule has 2 heterocycles. The molecule has 0 aliphatic carbocycles. The molecule has 5 nitrogen and oxygen atoms in total. The highest BCUT2D eigenvalue weighted by molar-refractivity contribution is 5.93. The van der Waals surface area contributed by atoms with Gasteiger partial charge in [-0.15, -0.1) is 0 Å². The Labute approximate surface area is 153 Å². The third kappa shape index (κ3) is 4.00. The number of ether oxygens (including phenoxy) is 2. The van der Waals surface area contributed by atoms with E-state index >= 15 is 0 Å². The van der Waals surface area contributed by atoms with Crippen molar-refractivity contribution >= 4 is 11.6 Å². The lowest BCUT2D eigenvalue weighted by Crippen LogP contribution is -2.30. The SMILES string of the molecule is O=C(Cc1ccc2c(c1)OCO2)Nc1cccc2c1CN(CC(F)(F)F)C2. The summed E-state index contributed by atoms with van der Waals surface area (Å²) in [5.41, 5.74) is 2.87. The summed E-state index contributed by atoms with van der Waals surface area (Å²) in [7, 11) is 0. The van der Waals surface area contributed by atoms with E-state index in [9.17, 15) is 18.0 Å². The van der Waals surface area contributed by atoms with Crippen molar-refractivity contribution in [3.8, 4) is 11.5 Å². The van der Waals surface area contributed by atoms with E-state index < -0.39 is 12.7 Å². The molecule has 0 saturated heterocycles. The third-order valence-electron chi connectivity index (χ3n) is 4.53. The zero-order valence-electron chi connectivity index (χ0n) is 14.3. The van der Waals surface area contributed by atoms with Crippen LogP contribution < -0.4 is 14.8 Å². The van der Waals surface area contributed by atoms with Crippen LogP contribution in [0.4, 0.5) is 18.9 Å². The van der Waals surface area contributed by atoms with E-state index in [-0.39, 0.29) is 32.2 Å². The van der Waals surface area contributed by atoms with Crippen LogP contribution in [0.25, 0.3) is 0 Å². The second kappa shape index (κ2) is 6.77. The smallest absolute Gasteiger partial charge is 0.401 e. The second-order valence-electron chi connectivity index (χ2n) is 6.62. The fourth-order valence-corrected chi connectivity index (χ4v) is 3.40. The maximum absolute atomic E-state index is 12.6. The molecule has 1 N–H and O–H groups in total. The average Bonchev–Trinajstić information content (AvgIpc) is 3.19. The molecule has 2 aliphatic rings. The lowest BCUT2D eigenvalue weighted by Gasteiger charge is -2.17. The Morgan fingerprint density at radius 1 is 1.11 bits per heavy atom. The lowest BCUT2D eigenvalue weighted by atomic mass is 10.1. The van der Waals surface area contributed by atoms with Gasteiger partial charge in [0, 0.05) is 18.8 Å². The molecular weight excluding hydrogens is 361 g/mol. The molecule has 0 aromatic heterocycles. The molecule has 0 spiro atoms. The summed E-state index contributed by atoms with van der Waals surface area (Å²) in [6.45, 7) is -0.419. The number of hydrogen-bond acceptors (Lipinski definition) is 4. The Morgan fingerprint density at radius 2 is 1.93 bits per heavy atom. The number of nitrogens with zero attached hydrogens (tertiary/aromatic N) is 1. The molecule has 142 valence electrons. The molecule has 0 fully saturated rings. The largest absolute Gasteiger partial charge is 0.454 e. The summed E-state index contributed by atoms with van der Waals surface area (Å²) < 4.78 is 48.5. The first kappa shape index (κ1) is 17.7. The Bertz CT molecular complexity index is 883. The maximum Gasteiger partial charge on any atom is 0.401 e. The highest BCUT2D eigenvalue weighted by Crippen LogP contribution is 2.33. The number of hydrogen-bond donors (Lipinski definition) is 1. The van der Waals surface area contributed by atoms with E-state index in [0.717, 1.165) is 16.7 Å². The Hall–Kier alpha value is -2.74. The van der Waals surface area contributed by atoms with Gasteiger partial charge in [0.2, 0.25) is 12.7 Å². The minimum atomic E-state index is -4.25. The second-order valence-corrected chi connectivity index (χ2v) is 6.62. The van der Waals surface area contributed by atoms with Crippen LogP contribution in [0.1, 0.15) is 16.7 Å². The number of anilines is 1. The number of carbonyl (C=O) groups is 1. The summed E-state index contributed by atoms with van der Waals surface area (Å²) in [5, 5.41) is 2.82. The monoisotopic (exact) mass is 378 g/mol. The molecule has 1 amide bonds. The third-order valence-corrected chi connectivity index (χ3v) is 4.53. The molecule has 4 rings (SSSR count). The summed E-state index contributed by atoms with van der Waals surface area (Å²) >= 11 is 0. The molecule has 2 aliphatic heterocycles. The van der Waals surface area contributed by atoms with Gasteiger partial charge in [-0.25, -0.2) is 0 Å². The molecule has 0 saturated carbocycles. The molecule has 0 atom stereocenters. The van der Waals surface area contributed by atoms with Gasteiger partial charge in [-0.3, -0.25) is 9.69 Å².